The van der Waals surface area contributed by atoms with E-state index in [2.05, 4.69) is 19.2 Å². The average molecular weight is 287 g/mol. The van der Waals surface area contributed by atoms with Crippen molar-refractivity contribution in [1.29, 1.82) is 0 Å². The number of aliphatic hydroxyl groups excluding tert-OH is 1. The maximum absolute atomic E-state index is 10.9. The lowest BCUT2D eigenvalue weighted by atomic mass is 9.51. The van der Waals surface area contributed by atoms with Crippen LogP contribution in [0.15, 0.2) is 0 Å². The van der Waals surface area contributed by atoms with Crippen LogP contribution in [0.5, 0.6) is 0 Å². The zero-order chi connectivity index (χ0) is 14.8. The molecule has 1 saturated heterocycles. The Morgan fingerprint density at radius 3 is 2.62 bits per heavy atom. The standard InChI is InChI=1S/C18H30BNO/c1-10-3-4-13-15(20-10)6-5-12-11-7-8-18(2,19)14(11)9-16(21)17(12)13/h10-17,20-21H,3-9H2,1-2H3/t10?,11?,12?,13-,14-,15?,16-,17?,18?/m0/s1. The minimum absolute atomic E-state index is 0.0349. The van der Waals surface area contributed by atoms with Crippen molar-refractivity contribution in [3.63, 3.8) is 0 Å². The van der Waals surface area contributed by atoms with E-state index in [-0.39, 0.29) is 11.4 Å². The summed E-state index contributed by atoms with van der Waals surface area (Å²) < 4.78 is 0. The Morgan fingerprint density at radius 2 is 1.81 bits per heavy atom. The number of hydrogen-bond acceptors (Lipinski definition) is 2. The minimum atomic E-state index is -0.111. The van der Waals surface area contributed by atoms with Crippen LogP contribution >= 0.6 is 0 Å². The van der Waals surface area contributed by atoms with E-state index in [1.165, 1.54) is 32.1 Å². The number of piperidine rings is 1. The third-order valence-corrected chi connectivity index (χ3v) is 7.62. The molecule has 0 spiro atoms. The van der Waals surface area contributed by atoms with Crippen LogP contribution in [0.4, 0.5) is 0 Å². The molecule has 1 heterocycles. The molecule has 116 valence electrons. The molecule has 4 rings (SSSR count). The van der Waals surface area contributed by atoms with Crippen LogP contribution in [0.1, 0.15) is 58.8 Å². The Balaban J connectivity index is 1.59. The van der Waals surface area contributed by atoms with Gasteiger partial charge in [0.1, 0.15) is 0 Å². The highest BCUT2D eigenvalue weighted by Crippen LogP contribution is 2.62. The summed E-state index contributed by atoms with van der Waals surface area (Å²) in [4.78, 5) is 0. The summed E-state index contributed by atoms with van der Waals surface area (Å²) in [6, 6.07) is 1.32. The molecule has 4 aliphatic rings. The van der Waals surface area contributed by atoms with Crippen LogP contribution in [-0.2, 0) is 0 Å². The van der Waals surface area contributed by atoms with Gasteiger partial charge in [0.25, 0.3) is 0 Å². The fourth-order valence-corrected chi connectivity index (χ4v) is 6.65. The van der Waals surface area contributed by atoms with Gasteiger partial charge in [0.05, 0.1) is 14.0 Å². The van der Waals surface area contributed by atoms with Crippen LogP contribution in [0, 0.1) is 29.6 Å². The first-order valence-corrected chi connectivity index (χ1v) is 9.20. The van der Waals surface area contributed by atoms with Gasteiger partial charge in [-0.2, -0.15) is 0 Å². The summed E-state index contributed by atoms with van der Waals surface area (Å²) in [5.41, 5.74) is 0. The van der Waals surface area contributed by atoms with Crippen molar-refractivity contribution in [2.24, 2.45) is 29.6 Å². The van der Waals surface area contributed by atoms with Crippen LogP contribution in [0.25, 0.3) is 0 Å². The lowest BCUT2D eigenvalue weighted by molar-refractivity contribution is -0.0921. The molecule has 6 unspecified atom stereocenters. The number of hydrogen-bond donors (Lipinski definition) is 2. The Kier molecular flexibility index (Phi) is 3.46. The maximum atomic E-state index is 10.9. The number of rotatable bonds is 0. The molecule has 2 nitrogen and oxygen atoms in total. The summed E-state index contributed by atoms with van der Waals surface area (Å²) in [6.45, 7) is 4.53. The lowest BCUT2D eigenvalue weighted by Crippen LogP contribution is -2.58. The molecule has 3 aliphatic carbocycles. The number of fused-ring (bicyclic) bond motifs is 5. The molecule has 0 bridgehead atoms. The fourth-order valence-electron chi connectivity index (χ4n) is 6.65. The topological polar surface area (TPSA) is 32.3 Å². The summed E-state index contributed by atoms with van der Waals surface area (Å²) >= 11 is 0. The first kappa shape index (κ1) is 14.6. The Hall–Kier alpha value is -0.0151. The minimum Gasteiger partial charge on any atom is -0.393 e. The van der Waals surface area contributed by atoms with E-state index in [4.69, 9.17) is 7.85 Å². The second-order valence-electron chi connectivity index (χ2n) is 8.85. The van der Waals surface area contributed by atoms with Gasteiger partial charge in [0, 0.05) is 12.1 Å². The molecule has 0 amide bonds. The summed E-state index contributed by atoms with van der Waals surface area (Å²) in [7, 11) is 6.54. The Bertz CT molecular complexity index is 412. The van der Waals surface area contributed by atoms with E-state index < -0.39 is 0 Å². The zero-order valence-electron chi connectivity index (χ0n) is 13.6. The van der Waals surface area contributed by atoms with E-state index in [1.807, 2.05) is 0 Å². The molecule has 1 aliphatic heterocycles. The lowest BCUT2D eigenvalue weighted by Gasteiger charge is -2.55. The molecule has 4 fully saturated rings. The highest BCUT2D eigenvalue weighted by molar-refractivity contribution is 6.15. The van der Waals surface area contributed by atoms with Gasteiger partial charge in [-0.1, -0.05) is 25.1 Å². The summed E-state index contributed by atoms with van der Waals surface area (Å²) in [6.07, 6.45) is 8.51. The van der Waals surface area contributed by atoms with E-state index in [9.17, 15) is 5.11 Å². The average Bonchev–Trinajstić information content (AvgIpc) is 2.74. The van der Waals surface area contributed by atoms with E-state index in [1.54, 1.807) is 0 Å². The predicted octanol–water partition coefficient (Wildman–Crippen LogP) is 2.91. The molecule has 2 N–H and O–H groups in total. The predicted molar refractivity (Wildman–Crippen MR) is 86.3 cm³/mol. The molecular weight excluding hydrogens is 257 g/mol. The Morgan fingerprint density at radius 1 is 1.05 bits per heavy atom. The summed E-state index contributed by atoms with van der Waals surface area (Å²) in [5, 5.41) is 14.7. The quantitative estimate of drug-likeness (QED) is 0.671. The van der Waals surface area contributed by atoms with Crippen molar-refractivity contribution in [3.8, 4) is 0 Å². The van der Waals surface area contributed by atoms with Gasteiger partial charge in [0.2, 0.25) is 0 Å². The van der Waals surface area contributed by atoms with E-state index in [0.717, 1.165) is 24.7 Å². The van der Waals surface area contributed by atoms with Gasteiger partial charge in [-0.05, 0) is 68.6 Å². The smallest absolute Gasteiger partial charge is 0.0746 e. The first-order valence-electron chi connectivity index (χ1n) is 9.20. The Labute approximate surface area is 130 Å². The van der Waals surface area contributed by atoms with E-state index >= 15 is 0 Å². The van der Waals surface area contributed by atoms with Gasteiger partial charge in [-0.3, -0.25) is 0 Å². The van der Waals surface area contributed by atoms with Crippen molar-refractivity contribution >= 4 is 7.85 Å². The summed E-state index contributed by atoms with van der Waals surface area (Å²) in [5.74, 6) is 3.33. The van der Waals surface area contributed by atoms with Crippen LogP contribution < -0.4 is 5.32 Å². The van der Waals surface area contributed by atoms with Gasteiger partial charge in [-0.15, -0.1) is 0 Å². The molecule has 21 heavy (non-hydrogen) atoms. The third kappa shape index (κ3) is 2.22. The molecule has 0 aromatic rings. The van der Waals surface area contributed by atoms with Gasteiger partial charge >= 0.3 is 0 Å². The van der Waals surface area contributed by atoms with Crippen molar-refractivity contribution < 1.29 is 5.11 Å². The third-order valence-electron chi connectivity index (χ3n) is 7.62. The van der Waals surface area contributed by atoms with Crippen molar-refractivity contribution in [2.75, 3.05) is 0 Å². The van der Waals surface area contributed by atoms with Crippen LogP contribution in [0.3, 0.4) is 0 Å². The molecule has 2 radical (unpaired) electrons. The van der Waals surface area contributed by atoms with E-state index in [0.29, 0.717) is 29.8 Å². The molecule has 9 atom stereocenters. The van der Waals surface area contributed by atoms with Crippen molar-refractivity contribution in [2.45, 2.75) is 82.3 Å². The monoisotopic (exact) mass is 287 g/mol. The largest absolute Gasteiger partial charge is 0.393 e. The number of aliphatic hydroxyl groups is 1. The van der Waals surface area contributed by atoms with Crippen LogP contribution in [-0.4, -0.2) is 31.1 Å². The molecule has 0 aromatic heterocycles. The van der Waals surface area contributed by atoms with Crippen molar-refractivity contribution in [1.82, 2.24) is 5.32 Å². The normalized spacial score (nSPS) is 60.0. The first-order chi connectivity index (χ1) is 9.97. The molecule has 3 heteroatoms. The second kappa shape index (κ2) is 4.99. The molecular formula is C18H30BNO. The highest BCUT2D eigenvalue weighted by Gasteiger charge is 2.56. The molecule has 3 saturated carbocycles. The highest BCUT2D eigenvalue weighted by atomic mass is 16.3. The van der Waals surface area contributed by atoms with Gasteiger partial charge in [0.15, 0.2) is 0 Å². The molecule has 0 aromatic carbocycles. The van der Waals surface area contributed by atoms with Crippen molar-refractivity contribution in [3.05, 3.63) is 0 Å². The maximum Gasteiger partial charge on any atom is 0.0746 e. The second-order valence-corrected chi connectivity index (χ2v) is 8.85. The SMILES string of the molecule is [B]C1(C)CCC2C3CCC4NC(C)CC[C@@H]4C3[C@@H](O)C[C@@H]21. The fraction of sp³-hybridized carbons (Fsp3) is 1.00. The zero-order valence-corrected chi connectivity index (χ0v) is 13.6. The number of nitrogens with one attached hydrogen (secondary N) is 1. The van der Waals surface area contributed by atoms with Crippen LogP contribution in [0.2, 0.25) is 5.31 Å². The van der Waals surface area contributed by atoms with Gasteiger partial charge in [-0.25, -0.2) is 0 Å². The van der Waals surface area contributed by atoms with Gasteiger partial charge < -0.3 is 10.4 Å².